The number of hydrogen-bond acceptors (Lipinski definition) is 5. The number of anilines is 1. The van der Waals surface area contributed by atoms with E-state index in [1.54, 1.807) is 48.5 Å². The van der Waals surface area contributed by atoms with Crippen LogP contribution in [0.3, 0.4) is 0 Å². The van der Waals surface area contributed by atoms with Crippen molar-refractivity contribution in [3.8, 4) is 11.5 Å². The summed E-state index contributed by atoms with van der Waals surface area (Å²) in [4.78, 5) is 26.4. The first kappa shape index (κ1) is 15.8. The molecule has 3 rings (SSSR count). The van der Waals surface area contributed by atoms with Gasteiger partial charge in [-0.2, -0.15) is 0 Å². The number of carbonyl (C=O) groups is 2. The fraction of sp³-hybridized carbons (Fsp3) is 0.176. The van der Waals surface area contributed by atoms with E-state index in [0.29, 0.717) is 22.7 Å². The Morgan fingerprint density at radius 2 is 1.92 bits per heavy atom. The number of benzene rings is 2. The molecule has 0 bridgehead atoms. The highest BCUT2D eigenvalue weighted by Crippen LogP contribution is 2.35. The van der Waals surface area contributed by atoms with Crippen molar-refractivity contribution >= 4 is 17.5 Å². The third kappa shape index (κ3) is 2.77. The molecule has 0 saturated heterocycles. The predicted octanol–water partition coefficient (Wildman–Crippen LogP) is 1.09. The number of nitrogens with zero attached hydrogens (tertiary/aromatic N) is 1. The lowest BCUT2D eigenvalue weighted by atomic mass is 10.1. The number of ether oxygens (including phenoxy) is 2. The minimum atomic E-state index is -0.886. The average molecular weight is 327 g/mol. The molecular formula is C17H17N3O4. The molecule has 0 radical (unpaired) electrons. The van der Waals surface area contributed by atoms with Gasteiger partial charge in [0.15, 0.2) is 6.10 Å². The first-order valence-corrected chi connectivity index (χ1v) is 7.36. The van der Waals surface area contributed by atoms with Gasteiger partial charge in [-0.3, -0.25) is 15.0 Å². The molecule has 0 fully saturated rings. The molecule has 24 heavy (non-hydrogen) atoms. The topological polar surface area (TPSA) is 93.9 Å². The van der Waals surface area contributed by atoms with Gasteiger partial charge in [0, 0.05) is 0 Å². The molecule has 1 heterocycles. The lowest BCUT2D eigenvalue weighted by Crippen LogP contribution is -2.52. The van der Waals surface area contributed by atoms with E-state index in [-0.39, 0.29) is 12.5 Å². The van der Waals surface area contributed by atoms with Crippen LogP contribution in [-0.2, 0) is 4.79 Å². The quantitative estimate of drug-likeness (QED) is 0.500. The minimum absolute atomic E-state index is 0.0525. The van der Waals surface area contributed by atoms with Crippen molar-refractivity contribution in [1.29, 1.82) is 0 Å². The van der Waals surface area contributed by atoms with E-state index in [1.807, 2.05) is 0 Å². The van der Waals surface area contributed by atoms with E-state index >= 15 is 0 Å². The maximum Gasteiger partial charge on any atom is 0.276 e. The number of fused-ring (bicyclic) bond motifs is 1. The second kappa shape index (κ2) is 6.59. The van der Waals surface area contributed by atoms with Crippen LogP contribution in [0.25, 0.3) is 0 Å². The summed E-state index contributed by atoms with van der Waals surface area (Å²) in [5, 5.41) is 0. The van der Waals surface area contributed by atoms with E-state index < -0.39 is 12.0 Å². The number of nitrogens with one attached hydrogen (secondary N) is 1. The third-order valence-electron chi connectivity index (χ3n) is 3.79. The SMILES string of the molecule is COc1ccccc1C(=O)N1C[C@H](C(=O)NN)Oc2ccccc21. The maximum absolute atomic E-state index is 13.0. The zero-order valence-corrected chi connectivity index (χ0v) is 13.1. The predicted molar refractivity (Wildman–Crippen MR) is 87.9 cm³/mol. The summed E-state index contributed by atoms with van der Waals surface area (Å²) in [6.45, 7) is 0.0525. The van der Waals surface area contributed by atoms with Crippen molar-refractivity contribution in [2.24, 2.45) is 5.84 Å². The first-order valence-electron chi connectivity index (χ1n) is 7.36. The molecule has 0 aromatic heterocycles. The van der Waals surface area contributed by atoms with Crippen LogP contribution < -0.4 is 25.6 Å². The van der Waals surface area contributed by atoms with Crippen molar-refractivity contribution in [3.05, 3.63) is 54.1 Å². The second-order valence-corrected chi connectivity index (χ2v) is 5.20. The number of amides is 2. The zero-order valence-electron chi connectivity index (χ0n) is 13.1. The van der Waals surface area contributed by atoms with Crippen molar-refractivity contribution in [3.63, 3.8) is 0 Å². The monoisotopic (exact) mass is 327 g/mol. The van der Waals surface area contributed by atoms with E-state index in [9.17, 15) is 9.59 Å². The van der Waals surface area contributed by atoms with Gasteiger partial charge in [-0.1, -0.05) is 24.3 Å². The Morgan fingerprint density at radius 3 is 2.67 bits per heavy atom. The molecule has 7 nitrogen and oxygen atoms in total. The fourth-order valence-corrected chi connectivity index (χ4v) is 2.62. The Kier molecular flexibility index (Phi) is 4.35. The zero-order chi connectivity index (χ0) is 17.1. The smallest absolute Gasteiger partial charge is 0.276 e. The fourth-order valence-electron chi connectivity index (χ4n) is 2.62. The normalized spacial score (nSPS) is 15.9. The number of rotatable bonds is 3. The Hall–Kier alpha value is -3.06. The number of nitrogens with two attached hydrogens (primary N) is 1. The Bertz CT molecular complexity index is 778. The van der Waals surface area contributed by atoms with Gasteiger partial charge in [0.05, 0.1) is 24.9 Å². The molecule has 1 aliphatic rings. The van der Waals surface area contributed by atoms with Crippen LogP contribution in [0.15, 0.2) is 48.5 Å². The van der Waals surface area contributed by atoms with Crippen molar-refractivity contribution < 1.29 is 19.1 Å². The van der Waals surface area contributed by atoms with Crippen LogP contribution in [0.2, 0.25) is 0 Å². The molecule has 0 unspecified atom stereocenters. The second-order valence-electron chi connectivity index (χ2n) is 5.20. The van der Waals surface area contributed by atoms with Crippen LogP contribution in [0.5, 0.6) is 11.5 Å². The molecule has 2 amide bonds. The number of hydrogen-bond donors (Lipinski definition) is 2. The van der Waals surface area contributed by atoms with Gasteiger partial charge in [-0.05, 0) is 24.3 Å². The van der Waals surface area contributed by atoms with Gasteiger partial charge < -0.3 is 14.4 Å². The molecule has 0 aliphatic carbocycles. The molecule has 0 spiro atoms. The summed E-state index contributed by atoms with van der Waals surface area (Å²) in [6.07, 6.45) is -0.886. The lowest BCUT2D eigenvalue weighted by molar-refractivity contribution is -0.127. The van der Waals surface area contributed by atoms with Gasteiger partial charge in [-0.15, -0.1) is 0 Å². The summed E-state index contributed by atoms with van der Waals surface area (Å²) < 4.78 is 10.9. The molecule has 3 N–H and O–H groups in total. The number of hydrazine groups is 1. The van der Waals surface area contributed by atoms with E-state index in [4.69, 9.17) is 15.3 Å². The maximum atomic E-state index is 13.0. The minimum Gasteiger partial charge on any atom is -0.496 e. The third-order valence-corrected chi connectivity index (χ3v) is 3.79. The molecule has 2 aromatic rings. The summed E-state index contributed by atoms with van der Waals surface area (Å²) in [7, 11) is 1.50. The lowest BCUT2D eigenvalue weighted by Gasteiger charge is -2.34. The van der Waals surface area contributed by atoms with Crippen molar-refractivity contribution in [2.75, 3.05) is 18.6 Å². The van der Waals surface area contributed by atoms with Crippen LogP contribution in [0, 0.1) is 0 Å². The van der Waals surface area contributed by atoms with Crippen LogP contribution in [0.4, 0.5) is 5.69 Å². The molecular weight excluding hydrogens is 310 g/mol. The number of para-hydroxylation sites is 3. The van der Waals surface area contributed by atoms with Crippen molar-refractivity contribution in [1.82, 2.24) is 5.43 Å². The van der Waals surface area contributed by atoms with Gasteiger partial charge in [0.1, 0.15) is 11.5 Å². The van der Waals surface area contributed by atoms with Gasteiger partial charge in [0.2, 0.25) is 0 Å². The van der Waals surface area contributed by atoms with Gasteiger partial charge >= 0.3 is 0 Å². The van der Waals surface area contributed by atoms with Crippen molar-refractivity contribution in [2.45, 2.75) is 6.10 Å². The van der Waals surface area contributed by atoms with Gasteiger partial charge in [0.25, 0.3) is 11.8 Å². The number of carbonyl (C=O) groups excluding carboxylic acids is 2. The summed E-state index contributed by atoms with van der Waals surface area (Å²) in [6, 6.07) is 14.0. The summed E-state index contributed by atoms with van der Waals surface area (Å²) in [5.41, 5.74) is 3.06. The first-order chi connectivity index (χ1) is 11.7. The van der Waals surface area contributed by atoms with Gasteiger partial charge in [-0.25, -0.2) is 5.84 Å². The molecule has 1 atom stereocenters. The molecule has 7 heteroatoms. The van der Waals surface area contributed by atoms with Crippen LogP contribution in [0.1, 0.15) is 10.4 Å². The number of methoxy groups -OCH3 is 1. The van der Waals surface area contributed by atoms with Crippen LogP contribution in [-0.4, -0.2) is 31.6 Å². The summed E-state index contributed by atoms with van der Waals surface area (Å²) >= 11 is 0. The van der Waals surface area contributed by atoms with E-state index in [2.05, 4.69) is 5.43 Å². The molecule has 1 aliphatic heterocycles. The molecule has 2 aromatic carbocycles. The highest BCUT2D eigenvalue weighted by molar-refractivity contribution is 6.09. The average Bonchev–Trinajstić information content (AvgIpc) is 2.65. The summed E-state index contributed by atoms with van der Waals surface area (Å²) in [5.74, 6) is 5.33. The van der Waals surface area contributed by atoms with E-state index in [0.717, 1.165) is 0 Å². The largest absolute Gasteiger partial charge is 0.496 e. The Morgan fingerprint density at radius 1 is 1.21 bits per heavy atom. The Labute approximate surface area is 138 Å². The highest BCUT2D eigenvalue weighted by atomic mass is 16.5. The Balaban J connectivity index is 2.02. The molecule has 124 valence electrons. The standard InChI is InChI=1S/C17H17N3O4/c1-23-13-8-4-2-6-11(13)17(22)20-10-15(16(21)19-18)24-14-9-5-3-7-12(14)20/h2-9,15H,10,18H2,1H3,(H,19,21)/t15-/m1/s1. The highest BCUT2D eigenvalue weighted by Gasteiger charge is 2.34. The molecule has 0 saturated carbocycles. The van der Waals surface area contributed by atoms with Crippen LogP contribution >= 0.6 is 0 Å². The van der Waals surface area contributed by atoms with E-state index in [1.165, 1.54) is 12.0 Å².